The second kappa shape index (κ2) is 59.4. The number of phosphoric acid groups is 2. The van der Waals surface area contributed by atoms with Crippen LogP contribution in [0.25, 0.3) is 0 Å². The van der Waals surface area contributed by atoms with Gasteiger partial charge in [0.1, 0.15) is 19.3 Å². The molecule has 5 atom stereocenters. The SMILES string of the molecule is CCCCCCCCCCCCCCCC(=O)OC[C@H](COP(=O)(O)OC[C@@H](O)COP(=O)(O)OC[C@@H](COC(=O)CCCCCCCCC)OC(=O)CCCCCCCCCCC(C)C)OC(=O)CCCCCCCCCCCCCCC(C)C. The van der Waals surface area contributed by atoms with Crippen molar-refractivity contribution in [1.82, 2.24) is 0 Å². The van der Waals surface area contributed by atoms with Crippen LogP contribution in [0.15, 0.2) is 0 Å². The lowest BCUT2D eigenvalue weighted by molar-refractivity contribution is -0.161. The first-order chi connectivity index (χ1) is 41.4. The summed E-state index contributed by atoms with van der Waals surface area (Å²) in [6.07, 6.45) is 43.1. The van der Waals surface area contributed by atoms with Crippen LogP contribution in [0.4, 0.5) is 0 Å². The van der Waals surface area contributed by atoms with Gasteiger partial charge in [-0.05, 0) is 37.5 Å². The van der Waals surface area contributed by atoms with Crippen molar-refractivity contribution in [1.29, 1.82) is 0 Å². The summed E-state index contributed by atoms with van der Waals surface area (Å²) in [5.74, 6) is -0.638. The van der Waals surface area contributed by atoms with Crippen molar-refractivity contribution in [2.45, 2.75) is 355 Å². The summed E-state index contributed by atoms with van der Waals surface area (Å²) >= 11 is 0. The van der Waals surface area contributed by atoms with Crippen molar-refractivity contribution in [2.75, 3.05) is 39.6 Å². The number of unbranched alkanes of at least 4 members (excludes halogenated alkanes) is 36. The molecule has 2 unspecified atom stereocenters. The third-order valence-electron chi connectivity index (χ3n) is 15.5. The zero-order valence-electron chi connectivity index (χ0n) is 55.6. The maximum Gasteiger partial charge on any atom is 0.472 e. The zero-order chi connectivity index (χ0) is 63.6. The molecular formula is C67H130O17P2. The van der Waals surface area contributed by atoms with Crippen LogP contribution in [0.1, 0.15) is 337 Å². The Kier molecular flexibility index (Phi) is 58.0. The minimum Gasteiger partial charge on any atom is -0.462 e. The molecule has 0 spiro atoms. The zero-order valence-corrected chi connectivity index (χ0v) is 57.4. The molecule has 0 amide bonds. The highest BCUT2D eigenvalue weighted by atomic mass is 31.2. The Bertz CT molecular complexity index is 1680. The number of aliphatic hydroxyl groups is 1. The second-order valence-electron chi connectivity index (χ2n) is 25.2. The third-order valence-corrected chi connectivity index (χ3v) is 17.4. The molecule has 0 aromatic heterocycles. The van der Waals surface area contributed by atoms with Gasteiger partial charge in [0.2, 0.25) is 0 Å². The highest BCUT2D eigenvalue weighted by Gasteiger charge is 2.30. The molecule has 0 fully saturated rings. The molecule has 0 aliphatic carbocycles. The summed E-state index contributed by atoms with van der Waals surface area (Å²) in [5.41, 5.74) is 0. The summed E-state index contributed by atoms with van der Waals surface area (Å²) < 4.78 is 68.1. The predicted octanol–water partition coefficient (Wildman–Crippen LogP) is 18.8. The molecule has 0 aliphatic rings. The lowest BCUT2D eigenvalue weighted by Crippen LogP contribution is -2.30. The van der Waals surface area contributed by atoms with Gasteiger partial charge in [-0.2, -0.15) is 0 Å². The standard InChI is InChI=1S/C67H130O17P2/c1-7-9-11-13-15-16-17-18-22-25-32-38-44-50-65(70)78-56-63(83-66(71)51-45-39-33-26-23-20-19-21-24-30-35-41-47-59(3)4)58-82-86(75,76)80-54-61(68)53-79-85(73,74)81-57-62(55-77-64(69)49-43-37-29-14-12-10-8-2)84-67(72)52-46-40-34-28-27-31-36-42-48-60(5)6/h59-63,68H,7-58H2,1-6H3,(H,73,74)(H,75,76)/t61-,62+,63+/m0/s1. The van der Waals surface area contributed by atoms with E-state index in [1.54, 1.807) is 0 Å². The lowest BCUT2D eigenvalue weighted by Gasteiger charge is -2.21. The van der Waals surface area contributed by atoms with Crippen LogP contribution in [-0.2, 0) is 65.4 Å². The van der Waals surface area contributed by atoms with Crippen molar-refractivity contribution >= 4 is 39.5 Å². The van der Waals surface area contributed by atoms with Gasteiger partial charge >= 0.3 is 39.5 Å². The first-order valence-electron chi connectivity index (χ1n) is 35.0. The molecule has 0 bridgehead atoms. The van der Waals surface area contributed by atoms with Gasteiger partial charge in [0, 0.05) is 25.7 Å². The van der Waals surface area contributed by atoms with Crippen molar-refractivity contribution in [3.63, 3.8) is 0 Å². The second-order valence-corrected chi connectivity index (χ2v) is 28.1. The van der Waals surface area contributed by atoms with E-state index in [2.05, 4.69) is 41.5 Å². The van der Waals surface area contributed by atoms with Gasteiger partial charge in [-0.3, -0.25) is 37.3 Å². The molecule has 0 heterocycles. The Morgan fingerprint density at radius 1 is 0.314 bits per heavy atom. The molecule has 86 heavy (non-hydrogen) atoms. The molecule has 17 nitrogen and oxygen atoms in total. The number of esters is 4. The molecule has 0 aromatic carbocycles. The normalized spacial score (nSPS) is 14.2. The van der Waals surface area contributed by atoms with E-state index in [-0.39, 0.29) is 25.7 Å². The Balaban J connectivity index is 5.22. The van der Waals surface area contributed by atoms with E-state index in [0.717, 1.165) is 115 Å². The number of carbonyl (C=O) groups is 4. The summed E-state index contributed by atoms with van der Waals surface area (Å²) in [6, 6.07) is 0. The Morgan fingerprint density at radius 3 is 0.791 bits per heavy atom. The predicted molar refractivity (Wildman–Crippen MR) is 345 cm³/mol. The number of rotatable bonds is 66. The molecule has 19 heteroatoms. The largest absolute Gasteiger partial charge is 0.472 e. The number of carbonyl (C=O) groups excluding carboxylic acids is 4. The fraction of sp³-hybridized carbons (Fsp3) is 0.940. The molecule has 3 N–H and O–H groups in total. The smallest absolute Gasteiger partial charge is 0.462 e. The van der Waals surface area contributed by atoms with Gasteiger partial charge in [0.05, 0.1) is 26.4 Å². The van der Waals surface area contributed by atoms with Gasteiger partial charge in [0.15, 0.2) is 12.2 Å². The van der Waals surface area contributed by atoms with Crippen molar-refractivity contribution in [2.24, 2.45) is 11.8 Å². The van der Waals surface area contributed by atoms with Crippen molar-refractivity contribution < 1.29 is 80.2 Å². The third kappa shape index (κ3) is 60.9. The van der Waals surface area contributed by atoms with Gasteiger partial charge in [-0.15, -0.1) is 0 Å². The van der Waals surface area contributed by atoms with Crippen molar-refractivity contribution in [3.05, 3.63) is 0 Å². The van der Waals surface area contributed by atoms with E-state index in [1.807, 2.05) is 0 Å². The van der Waals surface area contributed by atoms with Gasteiger partial charge < -0.3 is 33.8 Å². The lowest BCUT2D eigenvalue weighted by atomic mass is 10.0. The van der Waals surface area contributed by atoms with Gasteiger partial charge in [0.25, 0.3) is 0 Å². The topological polar surface area (TPSA) is 237 Å². The quantitative estimate of drug-likeness (QED) is 0.0222. The summed E-state index contributed by atoms with van der Waals surface area (Å²) in [4.78, 5) is 72.3. The number of phosphoric ester groups is 2. The summed E-state index contributed by atoms with van der Waals surface area (Å²) in [7, 11) is -9.89. The average molecular weight is 1270 g/mol. The molecule has 0 aromatic rings. The van der Waals surface area contributed by atoms with E-state index in [4.69, 9.17) is 37.0 Å². The number of ether oxygens (including phenoxy) is 4. The monoisotopic (exact) mass is 1270 g/mol. The molecule has 510 valence electrons. The van der Waals surface area contributed by atoms with Gasteiger partial charge in [-0.25, -0.2) is 9.13 Å². The first kappa shape index (κ1) is 84.1. The highest BCUT2D eigenvalue weighted by molar-refractivity contribution is 7.47. The van der Waals surface area contributed by atoms with Crippen molar-refractivity contribution in [3.8, 4) is 0 Å². The van der Waals surface area contributed by atoms with Crippen LogP contribution in [0.3, 0.4) is 0 Å². The molecule has 0 aliphatic heterocycles. The van der Waals surface area contributed by atoms with E-state index >= 15 is 0 Å². The Labute approximate surface area is 524 Å². The fourth-order valence-corrected chi connectivity index (χ4v) is 11.6. The fourth-order valence-electron chi connectivity index (χ4n) is 10.1. The molecular weight excluding hydrogens is 1140 g/mol. The van der Waals surface area contributed by atoms with Crippen LogP contribution in [-0.4, -0.2) is 96.7 Å². The van der Waals surface area contributed by atoms with E-state index < -0.39 is 97.5 Å². The van der Waals surface area contributed by atoms with Crippen LogP contribution in [0.2, 0.25) is 0 Å². The molecule has 0 rings (SSSR count). The number of hydrogen-bond acceptors (Lipinski definition) is 15. The maximum absolute atomic E-state index is 13.0. The van der Waals surface area contributed by atoms with Crippen LogP contribution < -0.4 is 0 Å². The van der Waals surface area contributed by atoms with Crippen LogP contribution in [0.5, 0.6) is 0 Å². The van der Waals surface area contributed by atoms with E-state index in [0.29, 0.717) is 25.7 Å². The summed E-state index contributed by atoms with van der Waals surface area (Å²) in [6.45, 7) is 9.45. The minimum atomic E-state index is -4.95. The van der Waals surface area contributed by atoms with Crippen LogP contribution >= 0.6 is 15.6 Å². The number of hydrogen-bond donors (Lipinski definition) is 3. The molecule has 0 saturated heterocycles. The molecule has 0 radical (unpaired) electrons. The summed E-state index contributed by atoms with van der Waals surface area (Å²) in [5, 5.41) is 10.5. The van der Waals surface area contributed by atoms with E-state index in [1.165, 1.54) is 141 Å². The number of aliphatic hydroxyl groups excluding tert-OH is 1. The maximum atomic E-state index is 13.0. The minimum absolute atomic E-state index is 0.104. The van der Waals surface area contributed by atoms with Gasteiger partial charge in [-0.1, -0.05) is 286 Å². The Morgan fingerprint density at radius 2 is 0.535 bits per heavy atom. The average Bonchev–Trinajstić information content (AvgIpc) is 3.62. The Hall–Kier alpha value is -1.94. The van der Waals surface area contributed by atoms with E-state index in [9.17, 15) is 43.2 Å². The van der Waals surface area contributed by atoms with Crippen LogP contribution in [0, 0.1) is 11.8 Å². The first-order valence-corrected chi connectivity index (χ1v) is 38.0. The molecule has 0 saturated carbocycles. The highest BCUT2D eigenvalue weighted by Crippen LogP contribution is 2.45.